The van der Waals surface area contributed by atoms with Gasteiger partial charge in [0.25, 0.3) is 5.91 Å². The molecule has 2 unspecified atom stereocenters. The zero-order valence-electron chi connectivity index (χ0n) is 16.9. The SMILES string of the molecule is COc1cccc(CO)c1C(=O)N1CC2CCN(c3cnc4ccccc4n3)CC21. The molecular formula is C23H24N4O3. The molecule has 2 saturated heterocycles. The summed E-state index contributed by atoms with van der Waals surface area (Å²) in [5.41, 5.74) is 2.81. The lowest BCUT2D eigenvalue weighted by Crippen LogP contribution is -2.66. The maximum Gasteiger partial charge on any atom is 0.258 e. The van der Waals surface area contributed by atoms with E-state index >= 15 is 0 Å². The third-order valence-corrected chi connectivity index (χ3v) is 6.29. The number of aliphatic hydroxyl groups is 1. The van der Waals surface area contributed by atoms with Gasteiger partial charge in [0.05, 0.1) is 42.6 Å². The Hall–Kier alpha value is -3.19. The van der Waals surface area contributed by atoms with Gasteiger partial charge in [-0.2, -0.15) is 0 Å². The Morgan fingerprint density at radius 3 is 2.80 bits per heavy atom. The van der Waals surface area contributed by atoms with Crippen LogP contribution in [0.4, 0.5) is 5.82 Å². The number of carbonyl (C=O) groups is 1. The Bertz CT molecular complexity index is 1080. The number of carbonyl (C=O) groups excluding carboxylic acids is 1. The minimum Gasteiger partial charge on any atom is -0.496 e. The molecule has 2 aliphatic heterocycles. The monoisotopic (exact) mass is 404 g/mol. The first-order chi connectivity index (χ1) is 14.7. The standard InChI is InChI=1S/C23H24N4O3/c1-30-20-8-4-5-16(14-28)22(20)23(29)27-12-15-9-10-26(13-19(15)27)21-11-24-17-6-2-3-7-18(17)25-21/h2-8,11,15,19,28H,9-10,12-14H2,1H3. The van der Waals surface area contributed by atoms with Gasteiger partial charge in [-0.3, -0.25) is 9.78 Å². The third kappa shape index (κ3) is 3.06. The molecule has 1 aromatic heterocycles. The molecular weight excluding hydrogens is 380 g/mol. The molecule has 0 saturated carbocycles. The average Bonchev–Trinajstić information content (AvgIpc) is 2.78. The summed E-state index contributed by atoms with van der Waals surface area (Å²) in [4.78, 5) is 26.8. The molecule has 2 aliphatic rings. The third-order valence-electron chi connectivity index (χ3n) is 6.29. The number of piperidine rings is 1. The van der Waals surface area contributed by atoms with E-state index in [0.29, 0.717) is 22.8 Å². The molecule has 30 heavy (non-hydrogen) atoms. The Labute approximate surface area is 174 Å². The predicted octanol–water partition coefficient (Wildman–Crippen LogP) is 2.48. The molecule has 0 spiro atoms. The number of methoxy groups -OCH3 is 1. The van der Waals surface area contributed by atoms with Crippen LogP contribution < -0.4 is 9.64 Å². The molecule has 2 aromatic carbocycles. The molecule has 3 aromatic rings. The number of benzene rings is 2. The predicted molar refractivity (Wildman–Crippen MR) is 114 cm³/mol. The molecule has 2 fully saturated rings. The Balaban J connectivity index is 1.39. The van der Waals surface area contributed by atoms with Crippen LogP contribution in [-0.4, -0.2) is 58.7 Å². The number of hydrogen-bond donors (Lipinski definition) is 1. The van der Waals surface area contributed by atoms with Crippen molar-refractivity contribution < 1.29 is 14.6 Å². The van der Waals surface area contributed by atoms with E-state index in [1.807, 2.05) is 35.4 Å². The molecule has 7 heteroatoms. The highest BCUT2D eigenvalue weighted by Crippen LogP contribution is 2.37. The van der Waals surface area contributed by atoms with Gasteiger partial charge in [0.15, 0.2) is 0 Å². The van der Waals surface area contributed by atoms with E-state index in [1.54, 1.807) is 25.3 Å². The van der Waals surface area contributed by atoms with E-state index in [2.05, 4.69) is 9.88 Å². The number of anilines is 1. The van der Waals surface area contributed by atoms with Crippen LogP contribution in [0.25, 0.3) is 11.0 Å². The number of nitrogens with zero attached hydrogens (tertiary/aromatic N) is 4. The molecule has 3 heterocycles. The van der Waals surface area contributed by atoms with Crippen LogP contribution in [0, 0.1) is 5.92 Å². The lowest BCUT2D eigenvalue weighted by Gasteiger charge is -2.53. The van der Waals surface area contributed by atoms with Crippen molar-refractivity contribution in [3.05, 3.63) is 59.8 Å². The number of aromatic nitrogens is 2. The number of hydrogen-bond acceptors (Lipinski definition) is 6. The summed E-state index contributed by atoms with van der Waals surface area (Å²) in [5, 5.41) is 9.72. The maximum atomic E-state index is 13.3. The van der Waals surface area contributed by atoms with Gasteiger partial charge in [-0.1, -0.05) is 24.3 Å². The molecule has 2 atom stereocenters. The first kappa shape index (κ1) is 18.8. The van der Waals surface area contributed by atoms with Crippen LogP contribution >= 0.6 is 0 Å². The van der Waals surface area contributed by atoms with Gasteiger partial charge < -0.3 is 19.6 Å². The van der Waals surface area contributed by atoms with Crippen molar-refractivity contribution in [2.24, 2.45) is 5.92 Å². The first-order valence-corrected chi connectivity index (χ1v) is 10.2. The molecule has 0 radical (unpaired) electrons. The Kier molecular flexibility index (Phi) is 4.75. The summed E-state index contributed by atoms with van der Waals surface area (Å²) in [7, 11) is 1.55. The Morgan fingerprint density at radius 1 is 1.17 bits per heavy atom. The number of fused-ring (bicyclic) bond motifs is 2. The lowest BCUT2D eigenvalue weighted by molar-refractivity contribution is 0.00734. The summed E-state index contributed by atoms with van der Waals surface area (Å²) in [6.07, 6.45) is 2.83. The second-order valence-corrected chi connectivity index (χ2v) is 7.89. The number of amides is 1. The van der Waals surface area contributed by atoms with Gasteiger partial charge in [-0.05, 0) is 30.2 Å². The van der Waals surface area contributed by atoms with Crippen LogP contribution in [0.15, 0.2) is 48.7 Å². The van der Waals surface area contributed by atoms with E-state index in [4.69, 9.17) is 9.72 Å². The zero-order valence-corrected chi connectivity index (χ0v) is 16.9. The average molecular weight is 404 g/mol. The molecule has 5 rings (SSSR count). The van der Waals surface area contributed by atoms with Crippen LogP contribution in [0.3, 0.4) is 0 Å². The molecule has 7 nitrogen and oxygen atoms in total. The first-order valence-electron chi connectivity index (χ1n) is 10.2. The minimum atomic E-state index is -0.195. The summed E-state index contributed by atoms with van der Waals surface area (Å²) in [6, 6.07) is 13.3. The van der Waals surface area contributed by atoms with Crippen molar-refractivity contribution in [1.82, 2.24) is 14.9 Å². The molecule has 1 N–H and O–H groups in total. The van der Waals surface area contributed by atoms with E-state index in [0.717, 1.165) is 42.9 Å². The Morgan fingerprint density at radius 2 is 2.00 bits per heavy atom. The smallest absolute Gasteiger partial charge is 0.258 e. The van der Waals surface area contributed by atoms with Crippen LogP contribution in [-0.2, 0) is 6.61 Å². The van der Waals surface area contributed by atoms with Gasteiger partial charge in [0, 0.05) is 25.6 Å². The number of rotatable bonds is 4. The number of likely N-dealkylation sites (tertiary alicyclic amines) is 1. The highest BCUT2D eigenvalue weighted by molar-refractivity contribution is 5.99. The van der Waals surface area contributed by atoms with Gasteiger partial charge in [-0.25, -0.2) is 4.98 Å². The quantitative estimate of drug-likeness (QED) is 0.720. The molecule has 0 bridgehead atoms. The lowest BCUT2D eigenvalue weighted by atomic mass is 9.81. The molecule has 1 amide bonds. The van der Waals surface area contributed by atoms with E-state index in [-0.39, 0.29) is 18.6 Å². The fourth-order valence-electron chi connectivity index (χ4n) is 4.60. The summed E-state index contributed by atoms with van der Waals surface area (Å²) < 4.78 is 5.41. The van der Waals surface area contributed by atoms with Crippen molar-refractivity contribution in [3.63, 3.8) is 0 Å². The highest BCUT2D eigenvalue weighted by Gasteiger charge is 2.46. The van der Waals surface area contributed by atoms with Crippen LogP contribution in [0.5, 0.6) is 5.75 Å². The van der Waals surface area contributed by atoms with Crippen molar-refractivity contribution in [1.29, 1.82) is 0 Å². The van der Waals surface area contributed by atoms with Gasteiger partial charge >= 0.3 is 0 Å². The molecule has 154 valence electrons. The summed E-state index contributed by atoms with van der Waals surface area (Å²) in [5.74, 6) is 1.76. The fourth-order valence-corrected chi connectivity index (χ4v) is 4.60. The topological polar surface area (TPSA) is 78.8 Å². The second-order valence-electron chi connectivity index (χ2n) is 7.89. The second kappa shape index (κ2) is 7.57. The number of aliphatic hydroxyl groups excluding tert-OH is 1. The highest BCUT2D eigenvalue weighted by atomic mass is 16.5. The minimum absolute atomic E-state index is 0.0794. The molecule has 0 aliphatic carbocycles. The van der Waals surface area contributed by atoms with E-state index in [1.165, 1.54) is 0 Å². The van der Waals surface area contributed by atoms with Crippen molar-refractivity contribution >= 4 is 22.8 Å². The zero-order chi connectivity index (χ0) is 20.7. The van der Waals surface area contributed by atoms with E-state index < -0.39 is 0 Å². The van der Waals surface area contributed by atoms with Crippen molar-refractivity contribution in [2.75, 3.05) is 31.6 Å². The van der Waals surface area contributed by atoms with Gasteiger partial charge in [0.1, 0.15) is 11.6 Å². The van der Waals surface area contributed by atoms with Gasteiger partial charge in [0.2, 0.25) is 0 Å². The van der Waals surface area contributed by atoms with Crippen molar-refractivity contribution in [2.45, 2.75) is 19.1 Å². The van der Waals surface area contributed by atoms with Crippen molar-refractivity contribution in [3.8, 4) is 5.75 Å². The van der Waals surface area contributed by atoms with Gasteiger partial charge in [-0.15, -0.1) is 0 Å². The number of ether oxygens (including phenoxy) is 1. The fraction of sp³-hybridized carbons (Fsp3) is 0.348. The summed E-state index contributed by atoms with van der Waals surface area (Å²) >= 11 is 0. The van der Waals surface area contributed by atoms with Crippen LogP contribution in [0.2, 0.25) is 0 Å². The maximum absolute atomic E-state index is 13.3. The summed E-state index contributed by atoms with van der Waals surface area (Å²) in [6.45, 7) is 2.18. The van der Waals surface area contributed by atoms with Crippen LogP contribution in [0.1, 0.15) is 22.3 Å². The number of para-hydroxylation sites is 2. The largest absolute Gasteiger partial charge is 0.496 e. The normalized spacial score (nSPS) is 20.6. The van der Waals surface area contributed by atoms with E-state index in [9.17, 15) is 9.90 Å².